The van der Waals surface area contributed by atoms with Gasteiger partial charge in [0.1, 0.15) is 12.3 Å². The molecule has 0 aliphatic carbocycles. The number of quaternary nitrogens is 1. The second-order valence-electron chi connectivity index (χ2n) is 5.62. The molecule has 0 aliphatic heterocycles. The Morgan fingerprint density at radius 3 is 2.74 bits per heavy atom. The number of likely N-dealkylation sites (N-methyl/N-ethyl adjacent to an activating group) is 1. The number of hydrogen-bond donors (Lipinski definition) is 2. The van der Waals surface area contributed by atoms with Crippen LogP contribution in [0.1, 0.15) is 11.1 Å². The van der Waals surface area contributed by atoms with E-state index in [1.54, 1.807) is 7.11 Å². The second kappa shape index (κ2) is 7.99. The molecule has 0 saturated heterocycles. The highest BCUT2D eigenvalue weighted by atomic mass is 35.5. The molecule has 1 amide bonds. The molecule has 2 aromatic carbocycles. The molecule has 5 heteroatoms. The molecule has 0 radical (unpaired) electrons. The predicted octanol–water partition coefficient (Wildman–Crippen LogP) is 2.31. The van der Waals surface area contributed by atoms with Crippen LogP contribution in [0.25, 0.3) is 0 Å². The predicted molar refractivity (Wildman–Crippen MR) is 93.3 cm³/mol. The van der Waals surface area contributed by atoms with Crippen LogP contribution in [0.15, 0.2) is 42.5 Å². The average molecular weight is 334 g/mol. The largest absolute Gasteiger partial charge is 0.497 e. The first-order chi connectivity index (χ1) is 11.0. The molecule has 122 valence electrons. The maximum Gasteiger partial charge on any atom is 0.279 e. The molecule has 2 rings (SSSR count). The Bertz CT molecular complexity index is 688. The lowest BCUT2D eigenvalue weighted by atomic mass is 10.2. The molecule has 0 aliphatic rings. The standard InChI is InChI=1S/C18H21ClN2O2/c1-13-16(19)8-5-9-17(13)20-18(22)12-21(2)11-14-6-4-7-15(10-14)23-3/h4-10H,11-12H2,1-3H3,(H,20,22)/p+1. The van der Waals surface area contributed by atoms with Crippen molar-refractivity contribution in [2.75, 3.05) is 26.0 Å². The summed E-state index contributed by atoms with van der Waals surface area (Å²) >= 11 is 6.07. The number of anilines is 1. The summed E-state index contributed by atoms with van der Waals surface area (Å²) in [6.45, 7) is 3.02. The monoisotopic (exact) mass is 333 g/mol. The van der Waals surface area contributed by atoms with Gasteiger partial charge in [0.25, 0.3) is 5.91 Å². The molecule has 4 nitrogen and oxygen atoms in total. The highest BCUT2D eigenvalue weighted by Crippen LogP contribution is 2.22. The average Bonchev–Trinajstić information content (AvgIpc) is 2.51. The molecule has 0 aromatic heterocycles. The summed E-state index contributed by atoms with van der Waals surface area (Å²) in [7, 11) is 3.64. The smallest absolute Gasteiger partial charge is 0.279 e. The molecule has 0 bridgehead atoms. The van der Waals surface area contributed by atoms with E-state index in [2.05, 4.69) is 5.32 Å². The maximum atomic E-state index is 12.2. The first-order valence-corrected chi connectivity index (χ1v) is 7.86. The topological polar surface area (TPSA) is 42.8 Å². The third kappa shape index (κ3) is 4.98. The van der Waals surface area contributed by atoms with Crippen LogP contribution in [-0.2, 0) is 11.3 Å². The molecule has 2 N–H and O–H groups in total. The second-order valence-corrected chi connectivity index (χ2v) is 6.03. The van der Waals surface area contributed by atoms with Crippen LogP contribution < -0.4 is 15.0 Å². The molecule has 1 unspecified atom stereocenters. The van der Waals surface area contributed by atoms with E-state index < -0.39 is 0 Å². The van der Waals surface area contributed by atoms with Crippen LogP contribution in [0.4, 0.5) is 5.69 Å². The molecule has 0 fully saturated rings. The summed E-state index contributed by atoms with van der Waals surface area (Å²) in [4.78, 5) is 13.3. The van der Waals surface area contributed by atoms with E-state index in [1.165, 1.54) is 0 Å². The van der Waals surface area contributed by atoms with Gasteiger partial charge < -0.3 is 15.0 Å². The Hall–Kier alpha value is -2.04. The Morgan fingerprint density at radius 2 is 2.00 bits per heavy atom. The van der Waals surface area contributed by atoms with Crippen molar-refractivity contribution >= 4 is 23.2 Å². The fourth-order valence-corrected chi connectivity index (χ4v) is 2.58. The molecular weight excluding hydrogens is 312 g/mol. The Morgan fingerprint density at radius 1 is 1.26 bits per heavy atom. The zero-order valence-electron chi connectivity index (χ0n) is 13.7. The number of methoxy groups -OCH3 is 1. The molecular formula is C18H22ClN2O2+. The van der Waals surface area contributed by atoms with Crippen molar-refractivity contribution in [3.8, 4) is 5.75 Å². The van der Waals surface area contributed by atoms with Gasteiger partial charge in [-0.3, -0.25) is 4.79 Å². The number of carbonyl (C=O) groups is 1. The Labute approximate surface area is 142 Å². The SMILES string of the molecule is COc1cccc(C[NH+](C)CC(=O)Nc2cccc(Cl)c2C)c1. The van der Waals surface area contributed by atoms with E-state index in [4.69, 9.17) is 16.3 Å². The minimum Gasteiger partial charge on any atom is -0.497 e. The van der Waals surface area contributed by atoms with Gasteiger partial charge in [0.15, 0.2) is 6.54 Å². The van der Waals surface area contributed by atoms with Crippen molar-refractivity contribution in [1.29, 1.82) is 0 Å². The van der Waals surface area contributed by atoms with Crippen molar-refractivity contribution in [2.24, 2.45) is 0 Å². The van der Waals surface area contributed by atoms with E-state index in [1.807, 2.05) is 56.4 Å². The van der Waals surface area contributed by atoms with Gasteiger partial charge in [-0.25, -0.2) is 0 Å². The van der Waals surface area contributed by atoms with E-state index >= 15 is 0 Å². The van der Waals surface area contributed by atoms with Gasteiger partial charge >= 0.3 is 0 Å². The zero-order chi connectivity index (χ0) is 16.8. The number of hydrogen-bond acceptors (Lipinski definition) is 2. The summed E-state index contributed by atoms with van der Waals surface area (Å²) < 4.78 is 5.22. The quantitative estimate of drug-likeness (QED) is 0.852. The molecule has 0 heterocycles. The fraction of sp³-hybridized carbons (Fsp3) is 0.278. The van der Waals surface area contributed by atoms with Gasteiger partial charge in [0, 0.05) is 16.3 Å². The van der Waals surface area contributed by atoms with Gasteiger partial charge in [-0.1, -0.05) is 29.8 Å². The summed E-state index contributed by atoms with van der Waals surface area (Å²) in [5, 5.41) is 3.57. The van der Waals surface area contributed by atoms with Crippen molar-refractivity contribution in [1.82, 2.24) is 0 Å². The van der Waals surface area contributed by atoms with Crippen LogP contribution >= 0.6 is 11.6 Å². The number of rotatable bonds is 6. The molecule has 0 spiro atoms. The third-order valence-electron chi connectivity index (χ3n) is 3.64. The summed E-state index contributed by atoms with van der Waals surface area (Å²) in [6.07, 6.45) is 0. The number of halogens is 1. The summed E-state index contributed by atoms with van der Waals surface area (Å²) in [6, 6.07) is 13.4. The van der Waals surface area contributed by atoms with E-state index in [0.717, 1.165) is 34.0 Å². The fourth-order valence-electron chi connectivity index (χ4n) is 2.40. The minimum atomic E-state index is -0.0317. The van der Waals surface area contributed by atoms with Crippen molar-refractivity contribution in [3.63, 3.8) is 0 Å². The number of benzene rings is 2. The van der Waals surface area contributed by atoms with Crippen molar-refractivity contribution in [3.05, 3.63) is 58.6 Å². The Balaban J connectivity index is 1.93. The number of nitrogens with one attached hydrogen (secondary N) is 2. The van der Waals surface area contributed by atoms with Crippen molar-refractivity contribution < 1.29 is 14.4 Å². The van der Waals surface area contributed by atoms with Gasteiger partial charge in [0.2, 0.25) is 0 Å². The Kier molecular flexibility index (Phi) is 6.02. The molecule has 1 atom stereocenters. The summed E-state index contributed by atoms with van der Waals surface area (Å²) in [5.41, 5.74) is 2.78. The van der Waals surface area contributed by atoms with Crippen LogP contribution in [0.2, 0.25) is 5.02 Å². The number of amides is 1. The number of carbonyl (C=O) groups excluding carboxylic acids is 1. The lowest BCUT2D eigenvalue weighted by Gasteiger charge is -2.15. The third-order valence-corrected chi connectivity index (χ3v) is 4.05. The highest BCUT2D eigenvalue weighted by molar-refractivity contribution is 6.31. The first-order valence-electron chi connectivity index (χ1n) is 7.49. The summed E-state index contributed by atoms with van der Waals surface area (Å²) in [5.74, 6) is 0.796. The van der Waals surface area contributed by atoms with Crippen LogP contribution in [0, 0.1) is 6.92 Å². The molecule has 23 heavy (non-hydrogen) atoms. The van der Waals surface area contributed by atoms with Gasteiger partial charge in [-0.15, -0.1) is 0 Å². The normalized spacial score (nSPS) is 11.8. The van der Waals surface area contributed by atoms with E-state index in [0.29, 0.717) is 11.6 Å². The minimum absolute atomic E-state index is 0.0317. The van der Waals surface area contributed by atoms with Crippen molar-refractivity contribution in [2.45, 2.75) is 13.5 Å². The lowest BCUT2D eigenvalue weighted by molar-refractivity contribution is -0.885. The van der Waals surface area contributed by atoms with E-state index in [9.17, 15) is 4.79 Å². The molecule has 2 aromatic rings. The first kappa shape index (κ1) is 17.3. The number of ether oxygens (including phenoxy) is 1. The van der Waals surface area contributed by atoms with Crippen LogP contribution in [-0.4, -0.2) is 26.6 Å². The van der Waals surface area contributed by atoms with Gasteiger partial charge in [-0.2, -0.15) is 0 Å². The maximum absolute atomic E-state index is 12.2. The van der Waals surface area contributed by atoms with Crippen LogP contribution in [0.3, 0.4) is 0 Å². The van der Waals surface area contributed by atoms with Gasteiger partial charge in [-0.05, 0) is 36.8 Å². The molecule has 0 saturated carbocycles. The van der Waals surface area contributed by atoms with Gasteiger partial charge in [0.05, 0.1) is 14.2 Å². The highest BCUT2D eigenvalue weighted by Gasteiger charge is 2.13. The lowest BCUT2D eigenvalue weighted by Crippen LogP contribution is -3.08. The van der Waals surface area contributed by atoms with E-state index in [-0.39, 0.29) is 5.91 Å². The zero-order valence-corrected chi connectivity index (χ0v) is 14.4. The van der Waals surface area contributed by atoms with Crippen LogP contribution in [0.5, 0.6) is 5.75 Å².